The first kappa shape index (κ1) is 24.6. The maximum atomic E-state index is 13.7. The van der Waals surface area contributed by atoms with Crippen molar-refractivity contribution in [2.24, 2.45) is 5.73 Å². The van der Waals surface area contributed by atoms with Crippen molar-refractivity contribution in [2.75, 3.05) is 14.2 Å². The second-order valence-electron chi connectivity index (χ2n) is 7.96. The highest BCUT2D eigenvalue weighted by Gasteiger charge is 2.28. The van der Waals surface area contributed by atoms with Gasteiger partial charge in [-0.15, -0.1) is 0 Å². The first-order valence-corrected chi connectivity index (χ1v) is 10.7. The molecule has 0 bridgehead atoms. The van der Waals surface area contributed by atoms with Crippen molar-refractivity contribution < 1.29 is 23.5 Å². The van der Waals surface area contributed by atoms with Gasteiger partial charge in [-0.2, -0.15) is 5.10 Å². The predicted octanol–water partition coefficient (Wildman–Crippen LogP) is 3.03. The van der Waals surface area contributed by atoms with Crippen molar-refractivity contribution in [1.29, 1.82) is 0 Å². The Morgan fingerprint density at radius 2 is 1.82 bits per heavy atom. The number of aromatic nitrogens is 2. The standard InChI is InChI=1S/C25H27FN4O4/c1-15-21(12-13-22(31)34-4)16(2)30(28-15)20-10-8-17(9-11-20)25(33)29(3)23(24(27)32)18-6-5-7-19(26)14-18/h5-11,14,23H,12-13H2,1-4H3,(H2,27,32). The van der Waals surface area contributed by atoms with Crippen LogP contribution in [0.3, 0.4) is 0 Å². The van der Waals surface area contributed by atoms with Crippen LogP contribution in [0.2, 0.25) is 0 Å². The Hall–Kier alpha value is -4.01. The largest absolute Gasteiger partial charge is 0.469 e. The summed E-state index contributed by atoms with van der Waals surface area (Å²) in [7, 11) is 2.81. The summed E-state index contributed by atoms with van der Waals surface area (Å²) >= 11 is 0. The van der Waals surface area contributed by atoms with E-state index in [1.165, 1.54) is 37.3 Å². The summed E-state index contributed by atoms with van der Waals surface area (Å²) in [5.41, 5.74) is 9.55. The van der Waals surface area contributed by atoms with Gasteiger partial charge in [-0.3, -0.25) is 14.4 Å². The minimum absolute atomic E-state index is 0.260. The molecule has 1 aromatic heterocycles. The Kier molecular flexibility index (Phi) is 7.45. The third-order valence-electron chi connectivity index (χ3n) is 5.75. The van der Waals surface area contributed by atoms with Crippen molar-refractivity contribution in [3.63, 3.8) is 0 Å². The average Bonchev–Trinajstić information content (AvgIpc) is 3.10. The number of esters is 1. The number of nitrogens with two attached hydrogens (primary N) is 1. The van der Waals surface area contributed by atoms with Crippen LogP contribution in [0.5, 0.6) is 0 Å². The number of nitrogens with zero attached hydrogens (tertiary/aromatic N) is 3. The molecule has 0 aliphatic rings. The molecule has 34 heavy (non-hydrogen) atoms. The molecule has 1 atom stereocenters. The number of halogens is 1. The predicted molar refractivity (Wildman–Crippen MR) is 124 cm³/mol. The Morgan fingerprint density at radius 3 is 2.41 bits per heavy atom. The zero-order valence-corrected chi connectivity index (χ0v) is 19.5. The van der Waals surface area contributed by atoms with Gasteiger partial charge in [-0.05, 0) is 67.8 Å². The van der Waals surface area contributed by atoms with Crippen LogP contribution in [0.15, 0.2) is 48.5 Å². The molecule has 1 unspecified atom stereocenters. The molecule has 0 radical (unpaired) electrons. The van der Waals surface area contributed by atoms with Gasteiger partial charge in [-0.1, -0.05) is 12.1 Å². The lowest BCUT2D eigenvalue weighted by molar-refractivity contribution is -0.140. The molecule has 1 heterocycles. The number of primary amides is 1. The van der Waals surface area contributed by atoms with Gasteiger partial charge in [0.15, 0.2) is 0 Å². The molecule has 0 saturated carbocycles. The van der Waals surface area contributed by atoms with Crippen molar-refractivity contribution in [2.45, 2.75) is 32.7 Å². The number of carbonyl (C=O) groups is 3. The second-order valence-corrected chi connectivity index (χ2v) is 7.96. The summed E-state index contributed by atoms with van der Waals surface area (Å²) in [5.74, 6) is -2.01. The molecular formula is C25H27FN4O4. The number of hydrogen-bond acceptors (Lipinski definition) is 5. The molecule has 3 rings (SSSR count). The third-order valence-corrected chi connectivity index (χ3v) is 5.75. The first-order chi connectivity index (χ1) is 16.1. The summed E-state index contributed by atoms with van der Waals surface area (Å²) in [5, 5.41) is 4.57. The molecule has 0 fully saturated rings. The molecule has 2 amide bonds. The zero-order valence-electron chi connectivity index (χ0n) is 19.5. The van der Waals surface area contributed by atoms with Gasteiger partial charge in [-0.25, -0.2) is 9.07 Å². The Bertz CT molecular complexity index is 1220. The fourth-order valence-electron chi connectivity index (χ4n) is 3.94. The molecule has 0 aliphatic carbocycles. The molecule has 0 spiro atoms. The van der Waals surface area contributed by atoms with Crippen LogP contribution in [0.4, 0.5) is 4.39 Å². The van der Waals surface area contributed by atoms with Gasteiger partial charge >= 0.3 is 5.97 Å². The lowest BCUT2D eigenvalue weighted by Gasteiger charge is -2.26. The number of rotatable bonds is 8. The Morgan fingerprint density at radius 1 is 1.15 bits per heavy atom. The Balaban J connectivity index is 1.83. The van der Waals surface area contributed by atoms with Crippen LogP contribution < -0.4 is 5.73 Å². The minimum Gasteiger partial charge on any atom is -0.469 e. The fraction of sp³-hybridized carbons (Fsp3) is 0.280. The van der Waals surface area contributed by atoms with Crippen LogP contribution >= 0.6 is 0 Å². The van der Waals surface area contributed by atoms with Gasteiger partial charge in [0, 0.05) is 24.7 Å². The molecule has 2 aromatic carbocycles. The maximum absolute atomic E-state index is 13.7. The molecule has 9 heteroatoms. The third kappa shape index (κ3) is 5.14. The van der Waals surface area contributed by atoms with E-state index in [2.05, 4.69) is 5.10 Å². The highest BCUT2D eigenvalue weighted by atomic mass is 19.1. The van der Waals surface area contributed by atoms with E-state index in [4.69, 9.17) is 10.5 Å². The average molecular weight is 467 g/mol. The zero-order chi connectivity index (χ0) is 25.0. The van der Waals surface area contributed by atoms with E-state index in [9.17, 15) is 18.8 Å². The number of aryl methyl sites for hydroxylation is 1. The summed E-state index contributed by atoms with van der Waals surface area (Å²) in [6.07, 6.45) is 0.774. The number of ether oxygens (including phenoxy) is 1. The monoisotopic (exact) mass is 466 g/mol. The van der Waals surface area contributed by atoms with Crippen LogP contribution in [-0.2, 0) is 20.7 Å². The lowest BCUT2D eigenvalue weighted by Crippen LogP contribution is -2.39. The number of amides is 2. The minimum atomic E-state index is -1.11. The van der Waals surface area contributed by atoms with E-state index in [1.807, 2.05) is 13.8 Å². The quantitative estimate of drug-likeness (QED) is 0.514. The fourth-order valence-corrected chi connectivity index (χ4v) is 3.94. The van der Waals surface area contributed by atoms with Crippen LogP contribution in [0, 0.1) is 19.7 Å². The van der Waals surface area contributed by atoms with E-state index in [1.54, 1.807) is 35.0 Å². The number of hydrogen-bond donors (Lipinski definition) is 1. The normalized spacial score (nSPS) is 11.7. The molecule has 3 aromatic rings. The summed E-state index contributed by atoms with van der Waals surface area (Å²) < 4.78 is 20.1. The second kappa shape index (κ2) is 10.3. The maximum Gasteiger partial charge on any atom is 0.305 e. The molecule has 0 saturated heterocycles. The van der Waals surface area contributed by atoms with Crippen LogP contribution in [0.1, 0.15) is 45.3 Å². The van der Waals surface area contributed by atoms with Crippen molar-refractivity contribution in [1.82, 2.24) is 14.7 Å². The lowest BCUT2D eigenvalue weighted by atomic mass is 10.0. The van der Waals surface area contributed by atoms with E-state index in [-0.39, 0.29) is 12.4 Å². The van der Waals surface area contributed by atoms with Crippen molar-refractivity contribution in [3.05, 3.63) is 82.4 Å². The Labute approximate surface area is 197 Å². The van der Waals surface area contributed by atoms with Gasteiger partial charge < -0.3 is 15.4 Å². The SMILES string of the molecule is COC(=O)CCc1c(C)nn(-c2ccc(C(=O)N(C)C(C(N)=O)c3cccc(F)c3)cc2)c1C. The molecule has 178 valence electrons. The highest BCUT2D eigenvalue weighted by Crippen LogP contribution is 2.24. The van der Waals surface area contributed by atoms with Gasteiger partial charge in [0.1, 0.15) is 11.9 Å². The highest BCUT2D eigenvalue weighted by molar-refractivity contribution is 5.97. The smallest absolute Gasteiger partial charge is 0.305 e. The van der Waals surface area contributed by atoms with Gasteiger partial charge in [0.25, 0.3) is 5.91 Å². The number of likely N-dealkylation sites (N-methyl/N-ethyl adjacent to an activating group) is 1. The van der Waals surface area contributed by atoms with Gasteiger partial charge in [0.05, 0.1) is 18.5 Å². The van der Waals surface area contributed by atoms with E-state index in [0.29, 0.717) is 17.5 Å². The summed E-state index contributed by atoms with van der Waals surface area (Å²) in [6, 6.07) is 11.1. The van der Waals surface area contributed by atoms with Crippen molar-refractivity contribution >= 4 is 17.8 Å². The topological polar surface area (TPSA) is 108 Å². The van der Waals surface area contributed by atoms with Crippen LogP contribution in [0.25, 0.3) is 5.69 Å². The first-order valence-electron chi connectivity index (χ1n) is 10.7. The molecule has 8 nitrogen and oxygen atoms in total. The number of methoxy groups -OCH3 is 1. The van der Waals surface area contributed by atoms with E-state index < -0.39 is 23.7 Å². The number of carbonyl (C=O) groups excluding carboxylic acids is 3. The van der Waals surface area contributed by atoms with E-state index >= 15 is 0 Å². The number of benzene rings is 2. The van der Waals surface area contributed by atoms with Crippen molar-refractivity contribution in [3.8, 4) is 5.69 Å². The molecule has 0 aliphatic heterocycles. The van der Waals surface area contributed by atoms with E-state index in [0.717, 1.165) is 22.6 Å². The van der Waals surface area contributed by atoms with Gasteiger partial charge in [0.2, 0.25) is 5.91 Å². The molecular weight excluding hydrogens is 439 g/mol. The molecule has 2 N–H and O–H groups in total. The summed E-state index contributed by atoms with van der Waals surface area (Å²) in [6.45, 7) is 3.79. The summed E-state index contributed by atoms with van der Waals surface area (Å²) in [4.78, 5) is 37.8. The van der Waals surface area contributed by atoms with Crippen LogP contribution in [-0.4, -0.2) is 46.6 Å².